The minimum Gasteiger partial charge on any atom is -0.492 e. The molecule has 2 aromatic rings. The van der Waals surface area contributed by atoms with Crippen molar-refractivity contribution in [1.29, 1.82) is 0 Å². The van der Waals surface area contributed by atoms with Crippen LogP contribution >= 0.6 is 0 Å². The van der Waals surface area contributed by atoms with Gasteiger partial charge in [0.1, 0.15) is 17.3 Å². The summed E-state index contributed by atoms with van der Waals surface area (Å²) in [5.74, 6) is 1.07. The Kier molecular flexibility index (Phi) is 4.44. The normalized spacial score (nSPS) is 12.2. The molecule has 0 radical (unpaired) electrons. The van der Waals surface area contributed by atoms with Crippen molar-refractivity contribution in [2.24, 2.45) is 0 Å². The molecule has 4 heteroatoms. The van der Waals surface area contributed by atoms with Crippen LogP contribution in [0.15, 0.2) is 41.0 Å². The van der Waals surface area contributed by atoms with Crippen molar-refractivity contribution >= 4 is 5.69 Å². The molecule has 2 rings (SSSR count). The van der Waals surface area contributed by atoms with Gasteiger partial charge in [0.15, 0.2) is 0 Å². The van der Waals surface area contributed by atoms with Crippen molar-refractivity contribution < 1.29 is 13.5 Å². The Morgan fingerprint density at radius 2 is 2.16 bits per heavy atom. The largest absolute Gasteiger partial charge is 0.492 e. The van der Waals surface area contributed by atoms with Crippen molar-refractivity contribution in [3.63, 3.8) is 0 Å². The maximum atomic E-state index is 13.2. The third-order valence-corrected chi connectivity index (χ3v) is 2.87. The molecule has 0 aliphatic heterocycles. The van der Waals surface area contributed by atoms with E-state index in [0.717, 1.165) is 17.9 Å². The summed E-state index contributed by atoms with van der Waals surface area (Å²) in [5.41, 5.74) is 0.770. The second-order valence-corrected chi connectivity index (χ2v) is 4.19. The van der Waals surface area contributed by atoms with Gasteiger partial charge < -0.3 is 14.5 Å². The van der Waals surface area contributed by atoms with E-state index in [0.29, 0.717) is 12.4 Å². The predicted octanol–water partition coefficient (Wildman–Crippen LogP) is 4.38. The molecule has 1 N–H and O–H groups in total. The molecule has 0 saturated heterocycles. The summed E-state index contributed by atoms with van der Waals surface area (Å²) in [6.45, 7) is 4.43. The molecule has 1 heterocycles. The second-order valence-electron chi connectivity index (χ2n) is 4.19. The third kappa shape index (κ3) is 3.28. The average molecular weight is 263 g/mol. The van der Waals surface area contributed by atoms with Gasteiger partial charge in [-0.05, 0) is 37.6 Å². The van der Waals surface area contributed by atoms with Gasteiger partial charge in [0.05, 0.1) is 24.6 Å². The molecule has 0 bridgehead atoms. The lowest BCUT2D eigenvalue weighted by molar-refractivity contribution is 0.339. The molecule has 1 atom stereocenters. The monoisotopic (exact) mass is 263 g/mol. The molecule has 102 valence electrons. The zero-order chi connectivity index (χ0) is 13.7. The summed E-state index contributed by atoms with van der Waals surface area (Å²) < 4.78 is 24.1. The topological polar surface area (TPSA) is 34.4 Å². The average Bonchev–Trinajstić information content (AvgIpc) is 2.92. The smallest absolute Gasteiger partial charge is 0.145 e. The van der Waals surface area contributed by atoms with E-state index in [4.69, 9.17) is 9.15 Å². The molecule has 0 saturated carbocycles. The van der Waals surface area contributed by atoms with Crippen molar-refractivity contribution in [3.05, 3.63) is 48.2 Å². The van der Waals surface area contributed by atoms with Crippen LogP contribution in [0.25, 0.3) is 0 Å². The first-order chi connectivity index (χ1) is 9.24. The van der Waals surface area contributed by atoms with Crippen LogP contribution in [-0.2, 0) is 0 Å². The Morgan fingerprint density at radius 3 is 2.79 bits per heavy atom. The van der Waals surface area contributed by atoms with Crippen LogP contribution in [0.1, 0.15) is 32.1 Å². The number of anilines is 1. The Hall–Kier alpha value is -1.97. The zero-order valence-corrected chi connectivity index (χ0v) is 11.2. The Balaban J connectivity index is 2.21. The highest BCUT2D eigenvalue weighted by Crippen LogP contribution is 2.30. The highest BCUT2D eigenvalue weighted by molar-refractivity contribution is 5.57. The Morgan fingerprint density at radius 1 is 1.32 bits per heavy atom. The SMILES string of the molecule is CCOc1cc(F)ccc1NC(CC)c1ccco1. The van der Waals surface area contributed by atoms with Gasteiger partial charge in [0.25, 0.3) is 0 Å². The highest BCUT2D eigenvalue weighted by Gasteiger charge is 2.14. The molecule has 3 nitrogen and oxygen atoms in total. The van der Waals surface area contributed by atoms with E-state index in [-0.39, 0.29) is 11.9 Å². The van der Waals surface area contributed by atoms with Gasteiger partial charge in [-0.15, -0.1) is 0 Å². The van der Waals surface area contributed by atoms with Gasteiger partial charge in [0.2, 0.25) is 0 Å². The first-order valence-electron chi connectivity index (χ1n) is 6.46. The maximum absolute atomic E-state index is 13.2. The zero-order valence-electron chi connectivity index (χ0n) is 11.2. The summed E-state index contributed by atoms with van der Waals surface area (Å²) >= 11 is 0. The molecule has 0 aliphatic rings. The Labute approximate surface area is 112 Å². The van der Waals surface area contributed by atoms with Crippen molar-refractivity contribution in [3.8, 4) is 5.75 Å². The van der Waals surface area contributed by atoms with Gasteiger partial charge >= 0.3 is 0 Å². The summed E-state index contributed by atoms with van der Waals surface area (Å²) in [4.78, 5) is 0. The summed E-state index contributed by atoms with van der Waals surface area (Å²) in [5, 5.41) is 3.33. The van der Waals surface area contributed by atoms with E-state index in [1.807, 2.05) is 19.1 Å². The van der Waals surface area contributed by atoms with Gasteiger partial charge in [-0.3, -0.25) is 0 Å². The van der Waals surface area contributed by atoms with Gasteiger partial charge in [0, 0.05) is 6.07 Å². The van der Waals surface area contributed by atoms with Crippen molar-refractivity contribution in [2.45, 2.75) is 26.3 Å². The number of hydrogen-bond acceptors (Lipinski definition) is 3. The van der Waals surface area contributed by atoms with E-state index >= 15 is 0 Å². The first-order valence-corrected chi connectivity index (χ1v) is 6.46. The molecule has 19 heavy (non-hydrogen) atoms. The van der Waals surface area contributed by atoms with Crippen LogP contribution in [0, 0.1) is 5.82 Å². The van der Waals surface area contributed by atoms with Crippen molar-refractivity contribution in [2.75, 3.05) is 11.9 Å². The van der Waals surface area contributed by atoms with Crippen LogP contribution in [0.2, 0.25) is 0 Å². The number of halogens is 1. The highest BCUT2D eigenvalue weighted by atomic mass is 19.1. The van der Waals surface area contributed by atoms with Gasteiger partial charge in [-0.2, -0.15) is 0 Å². The number of nitrogens with one attached hydrogen (secondary N) is 1. The summed E-state index contributed by atoms with van der Waals surface area (Å²) in [6.07, 6.45) is 2.50. The van der Waals surface area contributed by atoms with Crippen LogP contribution in [0.3, 0.4) is 0 Å². The lowest BCUT2D eigenvalue weighted by Gasteiger charge is -2.18. The van der Waals surface area contributed by atoms with Crippen molar-refractivity contribution in [1.82, 2.24) is 0 Å². The van der Waals surface area contributed by atoms with Crippen LogP contribution in [0.4, 0.5) is 10.1 Å². The number of ether oxygens (including phenoxy) is 1. The fraction of sp³-hybridized carbons (Fsp3) is 0.333. The minimum absolute atomic E-state index is 0.0414. The lowest BCUT2D eigenvalue weighted by atomic mass is 10.1. The van der Waals surface area contributed by atoms with Crippen LogP contribution < -0.4 is 10.1 Å². The lowest BCUT2D eigenvalue weighted by Crippen LogP contribution is -2.10. The van der Waals surface area contributed by atoms with E-state index in [9.17, 15) is 4.39 Å². The molecule has 1 unspecified atom stereocenters. The molecular weight excluding hydrogens is 245 g/mol. The van der Waals surface area contributed by atoms with Gasteiger partial charge in [-0.1, -0.05) is 6.92 Å². The van der Waals surface area contributed by atoms with Crippen LogP contribution in [0.5, 0.6) is 5.75 Å². The Bertz CT molecular complexity index is 511. The first kappa shape index (κ1) is 13.5. The molecular formula is C15H18FNO2. The molecule has 0 spiro atoms. The maximum Gasteiger partial charge on any atom is 0.145 e. The molecule has 0 aliphatic carbocycles. The fourth-order valence-corrected chi connectivity index (χ4v) is 1.94. The molecule has 1 aromatic carbocycles. The summed E-state index contributed by atoms with van der Waals surface area (Å²) in [7, 11) is 0. The van der Waals surface area contributed by atoms with E-state index < -0.39 is 0 Å². The number of rotatable bonds is 6. The van der Waals surface area contributed by atoms with E-state index in [1.165, 1.54) is 12.1 Å². The van der Waals surface area contributed by atoms with E-state index in [1.54, 1.807) is 12.3 Å². The second kappa shape index (κ2) is 6.27. The number of hydrogen-bond donors (Lipinski definition) is 1. The fourth-order valence-electron chi connectivity index (χ4n) is 1.94. The summed E-state index contributed by atoms with van der Waals surface area (Å²) in [6, 6.07) is 8.31. The van der Waals surface area contributed by atoms with Crippen LogP contribution in [-0.4, -0.2) is 6.61 Å². The standard InChI is InChI=1S/C15H18FNO2/c1-3-12(14-6-5-9-19-14)17-13-8-7-11(16)10-15(13)18-4-2/h5-10,12,17H,3-4H2,1-2H3. The molecule has 1 aromatic heterocycles. The molecule has 0 fully saturated rings. The van der Waals surface area contributed by atoms with E-state index in [2.05, 4.69) is 12.2 Å². The predicted molar refractivity (Wildman–Crippen MR) is 72.9 cm³/mol. The van der Waals surface area contributed by atoms with Gasteiger partial charge in [-0.25, -0.2) is 4.39 Å². The quantitative estimate of drug-likeness (QED) is 0.839. The molecule has 0 amide bonds. The number of furan rings is 1. The third-order valence-electron chi connectivity index (χ3n) is 2.87. The minimum atomic E-state index is -0.306. The number of benzene rings is 1.